The van der Waals surface area contributed by atoms with Crippen LogP contribution in [0.4, 0.5) is 10.1 Å². The average Bonchev–Trinajstić information content (AvgIpc) is 2.62. The lowest BCUT2D eigenvalue weighted by Crippen LogP contribution is -2.46. The van der Waals surface area contributed by atoms with Crippen LogP contribution in [0, 0.1) is 15.9 Å². The van der Waals surface area contributed by atoms with E-state index in [2.05, 4.69) is 27.8 Å². The second kappa shape index (κ2) is 7.67. The first-order chi connectivity index (χ1) is 12.0. The van der Waals surface area contributed by atoms with Gasteiger partial charge >= 0.3 is 0 Å². The van der Waals surface area contributed by atoms with E-state index in [1.165, 1.54) is 17.7 Å². The quantitative estimate of drug-likeness (QED) is 0.616. The van der Waals surface area contributed by atoms with Gasteiger partial charge in [-0.25, -0.2) is 4.39 Å². The van der Waals surface area contributed by atoms with Crippen LogP contribution in [0.1, 0.15) is 24.1 Å². The van der Waals surface area contributed by atoms with Gasteiger partial charge in [0.2, 0.25) is 0 Å². The van der Waals surface area contributed by atoms with Crippen LogP contribution in [-0.4, -0.2) is 45.9 Å². The molecule has 0 aliphatic carbocycles. The van der Waals surface area contributed by atoms with Crippen LogP contribution in [-0.2, 0) is 6.54 Å². The van der Waals surface area contributed by atoms with Gasteiger partial charge in [-0.2, -0.15) is 0 Å². The largest absolute Gasteiger partial charge is 0.296 e. The Hall–Kier alpha value is -2.38. The van der Waals surface area contributed by atoms with Crippen molar-refractivity contribution >= 4 is 5.69 Å². The highest BCUT2D eigenvalue weighted by atomic mass is 19.1. The van der Waals surface area contributed by atoms with Crippen LogP contribution >= 0.6 is 0 Å². The molecule has 0 saturated carbocycles. The van der Waals surface area contributed by atoms with E-state index in [9.17, 15) is 14.5 Å². The summed E-state index contributed by atoms with van der Waals surface area (Å²) >= 11 is 0. The fourth-order valence-corrected chi connectivity index (χ4v) is 3.24. The molecule has 1 aliphatic rings. The highest BCUT2D eigenvalue weighted by molar-refractivity contribution is 5.40. The summed E-state index contributed by atoms with van der Waals surface area (Å²) in [6.45, 7) is 5.85. The fraction of sp³-hybridized carbons (Fsp3) is 0.389. The second-order valence-electron chi connectivity index (χ2n) is 6.30. The predicted molar refractivity (Wildman–Crippen MR) is 92.6 cm³/mol. The van der Waals surface area contributed by atoms with Crippen LogP contribution in [0.25, 0.3) is 0 Å². The summed E-state index contributed by atoms with van der Waals surface area (Å²) in [4.78, 5) is 19.3. The Balaban J connectivity index is 1.62. The molecule has 6 nitrogen and oxygen atoms in total. The van der Waals surface area contributed by atoms with Gasteiger partial charge in [0.05, 0.1) is 4.92 Å². The monoisotopic (exact) mass is 344 g/mol. The Morgan fingerprint density at radius 2 is 2.04 bits per heavy atom. The van der Waals surface area contributed by atoms with Crippen molar-refractivity contribution in [3.8, 4) is 0 Å². The van der Waals surface area contributed by atoms with Gasteiger partial charge in [-0.15, -0.1) is 0 Å². The van der Waals surface area contributed by atoms with E-state index >= 15 is 0 Å². The molecular weight excluding hydrogens is 323 g/mol. The highest BCUT2D eigenvalue weighted by Crippen LogP contribution is 2.24. The predicted octanol–water partition coefficient (Wildman–Crippen LogP) is 3.01. The fourth-order valence-electron chi connectivity index (χ4n) is 3.24. The highest BCUT2D eigenvalue weighted by Gasteiger charge is 2.24. The molecule has 0 N–H and O–H groups in total. The van der Waals surface area contributed by atoms with Gasteiger partial charge in [0, 0.05) is 62.8 Å². The number of halogens is 1. The average molecular weight is 344 g/mol. The SMILES string of the molecule is C[C@H](c1cccnc1)N1CCN(Cc2cc(F)ccc2[N+](=O)[O-])CC1. The number of piperazine rings is 1. The Morgan fingerprint density at radius 1 is 1.28 bits per heavy atom. The summed E-state index contributed by atoms with van der Waals surface area (Å²) in [5.41, 5.74) is 1.59. The van der Waals surface area contributed by atoms with Gasteiger partial charge in [0.25, 0.3) is 5.69 Å². The zero-order valence-corrected chi connectivity index (χ0v) is 14.1. The van der Waals surface area contributed by atoms with Gasteiger partial charge in [0.15, 0.2) is 0 Å². The lowest BCUT2D eigenvalue weighted by atomic mass is 10.1. The van der Waals surface area contributed by atoms with E-state index in [1.54, 1.807) is 6.20 Å². The zero-order chi connectivity index (χ0) is 17.8. The van der Waals surface area contributed by atoms with Gasteiger partial charge < -0.3 is 0 Å². The third-order valence-corrected chi connectivity index (χ3v) is 4.75. The van der Waals surface area contributed by atoms with Crippen molar-refractivity contribution in [1.82, 2.24) is 14.8 Å². The number of hydrogen-bond acceptors (Lipinski definition) is 5. The Labute approximate surface area is 146 Å². The molecule has 3 rings (SSSR count). The first kappa shape index (κ1) is 17.4. The molecule has 2 heterocycles. The summed E-state index contributed by atoms with van der Waals surface area (Å²) < 4.78 is 13.5. The molecular formula is C18H21FN4O2. The molecule has 0 spiro atoms. The first-order valence-corrected chi connectivity index (χ1v) is 8.34. The molecule has 0 bridgehead atoms. The Morgan fingerprint density at radius 3 is 2.68 bits per heavy atom. The second-order valence-corrected chi connectivity index (χ2v) is 6.30. The van der Waals surface area contributed by atoms with E-state index in [-0.39, 0.29) is 11.7 Å². The summed E-state index contributed by atoms with van der Waals surface area (Å²) in [6.07, 6.45) is 3.65. The van der Waals surface area contributed by atoms with Crippen molar-refractivity contribution in [2.24, 2.45) is 0 Å². The number of nitro benzene ring substituents is 1. The normalized spacial score (nSPS) is 17.4. The summed E-state index contributed by atoms with van der Waals surface area (Å²) in [7, 11) is 0. The topological polar surface area (TPSA) is 62.5 Å². The standard InChI is InChI=1S/C18H21FN4O2/c1-14(15-3-2-6-20-12-15)22-9-7-21(8-10-22)13-16-11-17(19)4-5-18(16)23(24)25/h2-6,11-12,14H,7-10,13H2,1H3/t14-/m1/s1. The summed E-state index contributed by atoms with van der Waals surface area (Å²) in [5.74, 6) is -0.440. The first-order valence-electron chi connectivity index (χ1n) is 8.34. The smallest absolute Gasteiger partial charge is 0.274 e. The van der Waals surface area contributed by atoms with Crippen LogP contribution in [0.15, 0.2) is 42.7 Å². The maximum Gasteiger partial charge on any atom is 0.274 e. The molecule has 1 fully saturated rings. The van der Waals surface area contributed by atoms with E-state index < -0.39 is 10.7 Å². The lowest BCUT2D eigenvalue weighted by Gasteiger charge is -2.38. The van der Waals surface area contributed by atoms with Crippen LogP contribution in [0.5, 0.6) is 0 Å². The lowest BCUT2D eigenvalue weighted by molar-refractivity contribution is -0.385. The van der Waals surface area contributed by atoms with Gasteiger partial charge in [-0.3, -0.25) is 24.9 Å². The molecule has 0 amide bonds. The van der Waals surface area contributed by atoms with Crippen molar-refractivity contribution in [3.05, 3.63) is 69.8 Å². The number of rotatable bonds is 5. The zero-order valence-electron chi connectivity index (χ0n) is 14.1. The van der Waals surface area contributed by atoms with Gasteiger partial charge in [-0.05, 0) is 30.7 Å². The van der Waals surface area contributed by atoms with E-state index in [1.807, 2.05) is 12.3 Å². The third-order valence-electron chi connectivity index (χ3n) is 4.75. The number of nitro groups is 1. The van der Waals surface area contributed by atoms with Crippen LogP contribution < -0.4 is 0 Å². The molecule has 2 aromatic rings. The maximum atomic E-state index is 13.5. The number of nitrogens with zero attached hydrogens (tertiary/aromatic N) is 4. The summed E-state index contributed by atoms with van der Waals surface area (Å²) in [5, 5.41) is 11.1. The van der Waals surface area contributed by atoms with Crippen LogP contribution in [0.2, 0.25) is 0 Å². The minimum absolute atomic E-state index is 0.0208. The van der Waals surface area contributed by atoms with Crippen molar-refractivity contribution in [2.45, 2.75) is 19.5 Å². The molecule has 0 radical (unpaired) electrons. The van der Waals surface area contributed by atoms with E-state index in [0.717, 1.165) is 32.2 Å². The molecule has 1 aromatic carbocycles. The minimum Gasteiger partial charge on any atom is -0.296 e. The molecule has 1 aromatic heterocycles. The molecule has 132 valence electrons. The Bertz CT molecular complexity index is 733. The number of benzene rings is 1. The van der Waals surface area contributed by atoms with Crippen LogP contribution in [0.3, 0.4) is 0 Å². The van der Waals surface area contributed by atoms with Gasteiger partial charge in [0.1, 0.15) is 5.82 Å². The van der Waals surface area contributed by atoms with Crippen molar-refractivity contribution in [1.29, 1.82) is 0 Å². The molecule has 0 unspecified atom stereocenters. The number of aromatic nitrogens is 1. The van der Waals surface area contributed by atoms with Crippen molar-refractivity contribution in [3.63, 3.8) is 0 Å². The summed E-state index contributed by atoms with van der Waals surface area (Å²) in [6, 6.07) is 7.92. The molecule has 1 saturated heterocycles. The third kappa shape index (κ3) is 4.18. The Kier molecular flexibility index (Phi) is 5.35. The maximum absolute atomic E-state index is 13.5. The van der Waals surface area contributed by atoms with Crippen molar-refractivity contribution in [2.75, 3.05) is 26.2 Å². The minimum atomic E-state index is -0.449. The van der Waals surface area contributed by atoms with Gasteiger partial charge in [-0.1, -0.05) is 6.07 Å². The number of hydrogen-bond donors (Lipinski definition) is 0. The molecule has 25 heavy (non-hydrogen) atoms. The van der Waals surface area contributed by atoms with E-state index in [0.29, 0.717) is 12.1 Å². The molecule has 7 heteroatoms. The molecule has 1 aliphatic heterocycles. The number of pyridine rings is 1. The van der Waals surface area contributed by atoms with E-state index in [4.69, 9.17) is 0 Å². The molecule has 1 atom stereocenters. The van der Waals surface area contributed by atoms with Crippen molar-refractivity contribution < 1.29 is 9.31 Å².